The molecule has 0 spiro atoms. The summed E-state index contributed by atoms with van der Waals surface area (Å²) in [6, 6.07) is 5.10. The van der Waals surface area contributed by atoms with E-state index in [1.165, 1.54) is 18.3 Å². The van der Waals surface area contributed by atoms with Crippen molar-refractivity contribution in [1.82, 2.24) is 25.2 Å². The summed E-state index contributed by atoms with van der Waals surface area (Å²) in [5.74, 6) is -2.91. The number of phenols is 1. The molecule has 2 aromatic heterocycles. The van der Waals surface area contributed by atoms with Crippen molar-refractivity contribution in [3.8, 4) is 23.0 Å². The number of piperazine rings is 1. The lowest BCUT2D eigenvalue weighted by atomic mass is 9.95. The van der Waals surface area contributed by atoms with Gasteiger partial charge in [0.25, 0.3) is 0 Å². The Morgan fingerprint density at radius 1 is 1.12 bits per heavy atom. The first-order valence-electron chi connectivity index (χ1n) is 14.3. The summed E-state index contributed by atoms with van der Waals surface area (Å²) in [5.41, 5.74) is -0.920. The van der Waals surface area contributed by atoms with E-state index in [4.69, 9.17) is 9.72 Å². The van der Waals surface area contributed by atoms with E-state index in [-0.39, 0.29) is 58.0 Å². The summed E-state index contributed by atoms with van der Waals surface area (Å²) in [4.78, 5) is 17.7. The van der Waals surface area contributed by atoms with Crippen LogP contribution < -0.4 is 15.0 Å². The van der Waals surface area contributed by atoms with E-state index < -0.39 is 29.2 Å². The van der Waals surface area contributed by atoms with Crippen LogP contribution in [0.5, 0.6) is 11.8 Å². The Hall–Kier alpha value is -3.77. The van der Waals surface area contributed by atoms with Crippen LogP contribution in [0.2, 0.25) is 0 Å². The smallest absolute Gasteiger partial charge is 0.319 e. The molecule has 8 nitrogen and oxygen atoms in total. The zero-order chi connectivity index (χ0) is 28.7. The Kier molecular flexibility index (Phi) is 5.78. The normalized spacial score (nSPS) is 27.0. The van der Waals surface area contributed by atoms with Crippen LogP contribution in [0.15, 0.2) is 30.5 Å². The molecule has 4 saturated heterocycles. The number of hydrogen-bond acceptors (Lipinski definition) is 8. The van der Waals surface area contributed by atoms with Crippen molar-refractivity contribution in [3.63, 3.8) is 0 Å². The van der Waals surface area contributed by atoms with Gasteiger partial charge in [-0.15, -0.1) is 0 Å². The molecule has 42 heavy (non-hydrogen) atoms. The predicted octanol–water partition coefficient (Wildman–Crippen LogP) is 4.47. The molecule has 2 aromatic carbocycles. The van der Waals surface area contributed by atoms with Crippen LogP contribution >= 0.6 is 0 Å². The molecule has 0 radical (unpaired) electrons. The minimum absolute atomic E-state index is 0.0363. The van der Waals surface area contributed by atoms with E-state index in [0.29, 0.717) is 30.7 Å². The van der Waals surface area contributed by atoms with Crippen molar-refractivity contribution >= 4 is 27.5 Å². The van der Waals surface area contributed by atoms with Crippen molar-refractivity contribution in [2.75, 3.05) is 37.7 Å². The first-order chi connectivity index (χ1) is 20.3. The molecular formula is C30H28F4N6O2. The number of aromatic nitrogens is 3. The van der Waals surface area contributed by atoms with Gasteiger partial charge < -0.3 is 20.1 Å². The summed E-state index contributed by atoms with van der Waals surface area (Å²) in [7, 11) is 0. The second-order valence-electron chi connectivity index (χ2n) is 12.0. The Morgan fingerprint density at radius 3 is 2.81 bits per heavy atom. The number of ether oxygens (including phenoxy) is 1. The maximum atomic E-state index is 16.5. The van der Waals surface area contributed by atoms with Crippen LogP contribution in [0.4, 0.5) is 23.4 Å². The fraction of sp³-hybridized carbons (Fsp3) is 0.433. The average Bonchev–Trinajstić information content (AvgIpc) is 3.75. The number of nitrogens with zero attached hydrogens (tertiary/aromatic N) is 5. The SMILES string of the molecule is Oc1cc(-c2ncc3c(N4C[C@H]5C[C@@H]4CN5)nc(OC[C@@]45CCCN4C[C@H](F)C5)nc3c2F)c2c(F)c(F)ccc2c1. The molecule has 12 heteroatoms. The summed E-state index contributed by atoms with van der Waals surface area (Å²) in [6.45, 7) is 2.78. The van der Waals surface area contributed by atoms with E-state index in [2.05, 4.69) is 25.1 Å². The Bertz CT molecular complexity index is 1760. The molecule has 6 heterocycles. The van der Waals surface area contributed by atoms with Gasteiger partial charge in [0, 0.05) is 55.3 Å². The van der Waals surface area contributed by atoms with Gasteiger partial charge in [-0.05, 0) is 49.4 Å². The molecule has 4 fully saturated rings. The number of pyridine rings is 1. The number of nitrogens with one attached hydrogen (secondary N) is 1. The maximum Gasteiger partial charge on any atom is 0.319 e. The van der Waals surface area contributed by atoms with Gasteiger partial charge in [-0.2, -0.15) is 9.97 Å². The van der Waals surface area contributed by atoms with E-state index >= 15 is 8.78 Å². The van der Waals surface area contributed by atoms with Crippen LogP contribution in [0, 0.1) is 17.5 Å². The number of alkyl halides is 1. The molecule has 0 aliphatic carbocycles. The van der Waals surface area contributed by atoms with Gasteiger partial charge in [-0.3, -0.25) is 9.88 Å². The van der Waals surface area contributed by atoms with Crippen LogP contribution in [0.25, 0.3) is 32.9 Å². The van der Waals surface area contributed by atoms with Gasteiger partial charge in [0.2, 0.25) is 0 Å². The Labute approximate surface area is 238 Å². The molecule has 218 valence electrons. The van der Waals surface area contributed by atoms with E-state index in [1.54, 1.807) is 0 Å². The number of aromatic hydroxyl groups is 1. The zero-order valence-electron chi connectivity index (χ0n) is 22.6. The average molecular weight is 581 g/mol. The van der Waals surface area contributed by atoms with E-state index in [9.17, 15) is 13.9 Å². The molecule has 2 bridgehead atoms. The number of rotatable bonds is 5. The molecule has 0 unspecified atom stereocenters. The van der Waals surface area contributed by atoms with Gasteiger partial charge in [0.15, 0.2) is 17.5 Å². The fourth-order valence-corrected chi connectivity index (χ4v) is 7.53. The third kappa shape index (κ3) is 3.91. The van der Waals surface area contributed by atoms with Gasteiger partial charge in [0.05, 0.1) is 10.9 Å². The number of fused-ring (bicyclic) bond motifs is 5. The Morgan fingerprint density at radius 2 is 2.00 bits per heavy atom. The molecule has 0 saturated carbocycles. The molecule has 4 aromatic rings. The topological polar surface area (TPSA) is 86.6 Å². The second-order valence-corrected chi connectivity index (χ2v) is 12.0. The van der Waals surface area contributed by atoms with Crippen molar-refractivity contribution in [1.29, 1.82) is 0 Å². The number of benzene rings is 2. The molecule has 4 aliphatic heterocycles. The first kappa shape index (κ1) is 25.9. The fourth-order valence-electron chi connectivity index (χ4n) is 7.53. The minimum atomic E-state index is -1.17. The predicted molar refractivity (Wildman–Crippen MR) is 148 cm³/mol. The van der Waals surface area contributed by atoms with Crippen molar-refractivity contribution in [3.05, 3.63) is 47.9 Å². The minimum Gasteiger partial charge on any atom is -0.508 e. The highest BCUT2D eigenvalue weighted by Gasteiger charge is 2.49. The number of halogens is 4. The van der Waals surface area contributed by atoms with Gasteiger partial charge in [0.1, 0.15) is 35.6 Å². The monoisotopic (exact) mass is 580 g/mol. The summed E-state index contributed by atoms with van der Waals surface area (Å²) in [5, 5.41) is 14.1. The summed E-state index contributed by atoms with van der Waals surface area (Å²) < 4.78 is 66.3. The zero-order valence-corrected chi connectivity index (χ0v) is 22.6. The molecular weight excluding hydrogens is 552 g/mol. The quantitative estimate of drug-likeness (QED) is 0.335. The molecule has 8 rings (SSSR count). The number of hydrogen-bond donors (Lipinski definition) is 2. The lowest BCUT2D eigenvalue weighted by molar-refractivity contribution is 0.107. The van der Waals surface area contributed by atoms with Crippen LogP contribution in [0.1, 0.15) is 25.7 Å². The highest BCUT2D eigenvalue weighted by Crippen LogP contribution is 2.42. The second kappa shape index (κ2) is 9.37. The maximum absolute atomic E-state index is 16.5. The highest BCUT2D eigenvalue weighted by atomic mass is 19.2. The molecule has 0 amide bonds. The standard InChI is InChI=1S/C30H28F4N6O2/c31-16-9-30(4-1-5-39(30)12-16)14-42-29-37-27-21(28(38-29)40-13-17-7-18(40)10-35-17)11-36-26(25(27)34)20-8-19(41)6-15-2-3-22(32)24(33)23(15)20/h2-3,6,8,11,16-18,35,41H,1,4-5,7,9-10,12-14H2/t16-,17-,18-,30+/m1/s1. The molecule has 2 N–H and O–H groups in total. The van der Waals surface area contributed by atoms with Crippen LogP contribution in [-0.4, -0.2) is 81.5 Å². The van der Waals surface area contributed by atoms with Crippen molar-refractivity contribution < 1.29 is 27.4 Å². The lowest BCUT2D eigenvalue weighted by Gasteiger charge is -2.32. The molecule has 4 aliphatic rings. The molecule has 4 atom stereocenters. The van der Waals surface area contributed by atoms with E-state index in [1.807, 2.05) is 0 Å². The summed E-state index contributed by atoms with van der Waals surface area (Å²) in [6.07, 6.45) is 3.53. The third-order valence-electron chi connectivity index (χ3n) is 9.45. The van der Waals surface area contributed by atoms with Crippen molar-refractivity contribution in [2.24, 2.45) is 0 Å². The largest absolute Gasteiger partial charge is 0.508 e. The third-order valence-corrected chi connectivity index (χ3v) is 9.45. The van der Waals surface area contributed by atoms with Crippen LogP contribution in [-0.2, 0) is 0 Å². The highest BCUT2D eigenvalue weighted by molar-refractivity contribution is 6.00. The Balaban J connectivity index is 1.27. The van der Waals surface area contributed by atoms with Gasteiger partial charge in [-0.1, -0.05) is 6.07 Å². The lowest BCUT2D eigenvalue weighted by Crippen LogP contribution is -2.44. The van der Waals surface area contributed by atoms with Crippen LogP contribution in [0.3, 0.4) is 0 Å². The van der Waals surface area contributed by atoms with Gasteiger partial charge >= 0.3 is 6.01 Å². The first-order valence-corrected chi connectivity index (χ1v) is 14.3. The van der Waals surface area contributed by atoms with Gasteiger partial charge in [-0.25, -0.2) is 17.6 Å². The number of anilines is 1. The summed E-state index contributed by atoms with van der Waals surface area (Å²) >= 11 is 0. The number of phenolic OH excluding ortho intramolecular Hbond substituents is 1. The van der Waals surface area contributed by atoms with E-state index in [0.717, 1.165) is 44.5 Å². The van der Waals surface area contributed by atoms with Crippen molar-refractivity contribution in [2.45, 2.75) is 49.5 Å².